The van der Waals surface area contributed by atoms with Gasteiger partial charge in [-0.3, -0.25) is 25.0 Å². The second kappa shape index (κ2) is 9.01. The molecule has 128 valence electrons. The van der Waals surface area contributed by atoms with Crippen molar-refractivity contribution in [2.24, 2.45) is 5.73 Å². The largest absolute Gasteiger partial charge is 0.453 e. The topological polar surface area (TPSA) is 148 Å². The zero-order valence-electron chi connectivity index (χ0n) is 13.3. The van der Waals surface area contributed by atoms with Gasteiger partial charge in [0.1, 0.15) is 5.57 Å². The molecule has 23 heavy (non-hydrogen) atoms. The highest BCUT2D eigenvalue weighted by molar-refractivity contribution is 6.11. The van der Waals surface area contributed by atoms with Gasteiger partial charge in [-0.15, -0.1) is 0 Å². The number of carbonyl (C=O) groups excluding carboxylic acids is 3. The second-order valence-corrected chi connectivity index (χ2v) is 5.19. The Kier molecular flexibility index (Phi) is 7.36. The van der Waals surface area contributed by atoms with E-state index in [0.717, 1.165) is 19.1 Å². The van der Waals surface area contributed by atoms with Gasteiger partial charge in [-0.1, -0.05) is 0 Å². The molecule has 1 fully saturated rings. The Hall–Kier alpha value is -2.26. The highest BCUT2D eigenvalue weighted by Gasteiger charge is 2.26. The van der Waals surface area contributed by atoms with E-state index in [2.05, 4.69) is 5.32 Å². The molecule has 1 aliphatic rings. The fourth-order valence-electron chi connectivity index (χ4n) is 2.14. The van der Waals surface area contributed by atoms with Gasteiger partial charge in [0.05, 0.1) is 19.3 Å². The Labute approximate surface area is 134 Å². The molecule has 1 atom stereocenters. The average molecular weight is 327 g/mol. The minimum atomic E-state index is -1.02. The van der Waals surface area contributed by atoms with Gasteiger partial charge in [-0.2, -0.15) is 0 Å². The quantitative estimate of drug-likeness (QED) is 0.246. The molecule has 0 radical (unpaired) electrons. The monoisotopic (exact) mass is 327 g/mol. The Balaban J connectivity index is 2.90. The van der Waals surface area contributed by atoms with Crippen LogP contribution in [0.4, 0.5) is 0 Å². The van der Waals surface area contributed by atoms with Crippen LogP contribution in [0, 0.1) is 5.41 Å². The maximum Gasteiger partial charge on any atom is 0.303 e. The molecule has 9 nitrogen and oxygen atoms in total. The van der Waals surface area contributed by atoms with Crippen molar-refractivity contribution in [2.45, 2.75) is 38.8 Å². The van der Waals surface area contributed by atoms with E-state index in [4.69, 9.17) is 20.6 Å². The normalized spacial score (nSPS) is 17.7. The lowest BCUT2D eigenvalue weighted by Crippen LogP contribution is -2.91. The van der Waals surface area contributed by atoms with Gasteiger partial charge in [0, 0.05) is 26.0 Å². The van der Waals surface area contributed by atoms with Crippen LogP contribution in [-0.4, -0.2) is 49.4 Å². The third kappa shape index (κ3) is 6.17. The Bertz CT molecular complexity index is 511. The molecule has 0 aromatic rings. The van der Waals surface area contributed by atoms with Crippen molar-refractivity contribution < 1.29 is 29.2 Å². The minimum absolute atomic E-state index is 0.0948. The molecule has 1 rings (SSSR count). The van der Waals surface area contributed by atoms with Gasteiger partial charge in [0.2, 0.25) is 5.82 Å². The third-order valence-electron chi connectivity index (χ3n) is 3.34. The zero-order valence-corrected chi connectivity index (χ0v) is 13.3. The first-order valence-corrected chi connectivity index (χ1v) is 7.30. The molecule has 9 heteroatoms. The molecular formula is C14H23N4O5+. The molecule has 1 saturated heterocycles. The number of carbonyl (C=O) groups is 3. The summed E-state index contributed by atoms with van der Waals surface area (Å²) in [5.74, 6) is -1.85. The van der Waals surface area contributed by atoms with Gasteiger partial charge in [-0.05, 0) is 6.92 Å². The molecule has 0 aromatic heterocycles. The third-order valence-corrected chi connectivity index (χ3v) is 3.34. The van der Waals surface area contributed by atoms with Gasteiger partial charge in [0.15, 0.2) is 6.10 Å². The number of ether oxygens (including phenoxy) is 2. The second-order valence-electron chi connectivity index (χ2n) is 5.19. The molecule has 2 amide bonds. The van der Waals surface area contributed by atoms with Gasteiger partial charge in [0.25, 0.3) is 11.8 Å². The van der Waals surface area contributed by atoms with E-state index in [-0.39, 0.29) is 17.4 Å². The first kappa shape index (κ1) is 18.8. The number of hydrogen-bond acceptors (Lipinski definition) is 6. The van der Waals surface area contributed by atoms with Crippen molar-refractivity contribution in [1.82, 2.24) is 5.32 Å². The smallest absolute Gasteiger partial charge is 0.303 e. The fourth-order valence-corrected chi connectivity index (χ4v) is 2.14. The standard InChI is InChI=1S/C14H22N4O5/c1-8(23-9(2)19)14(21)18-13(11(7-15)12(16)20)17-10-3-5-22-6-4-10/h7-8,10,15,17H,3-6H2,1-2H3,(H2,16,20)(H,18,21)/p+1/b13-11-,15-7?/t8-/m0/s1. The summed E-state index contributed by atoms with van der Waals surface area (Å²) >= 11 is 0. The zero-order chi connectivity index (χ0) is 17.4. The number of quaternary nitrogens is 1. The summed E-state index contributed by atoms with van der Waals surface area (Å²) in [5, 5.41) is 11.6. The lowest BCUT2D eigenvalue weighted by atomic mass is 10.1. The van der Waals surface area contributed by atoms with E-state index in [1.165, 1.54) is 13.8 Å². The molecule has 0 aromatic carbocycles. The summed E-state index contributed by atoms with van der Waals surface area (Å²) in [6.45, 7) is 3.78. The highest BCUT2D eigenvalue weighted by Crippen LogP contribution is 2.03. The van der Waals surface area contributed by atoms with Crippen molar-refractivity contribution in [3.8, 4) is 0 Å². The Morgan fingerprint density at radius 2 is 2.00 bits per heavy atom. The lowest BCUT2D eigenvalue weighted by molar-refractivity contribution is -0.651. The SMILES string of the molecule is CC(=O)O[C@@H](C)C(=O)N/C([NH2+]C1CCOCC1)=C(/C=N)C(N)=O. The van der Waals surface area contributed by atoms with Crippen molar-refractivity contribution in [1.29, 1.82) is 5.41 Å². The van der Waals surface area contributed by atoms with Gasteiger partial charge < -0.3 is 20.6 Å². The molecular weight excluding hydrogens is 304 g/mol. The van der Waals surface area contributed by atoms with E-state index in [1.807, 2.05) is 0 Å². The van der Waals surface area contributed by atoms with Crippen LogP contribution in [0.15, 0.2) is 11.4 Å². The fraction of sp³-hybridized carbons (Fsp3) is 0.571. The van der Waals surface area contributed by atoms with E-state index >= 15 is 0 Å². The first-order chi connectivity index (χ1) is 10.8. The van der Waals surface area contributed by atoms with E-state index in [1.54, 1.807) is 5.32 Å². The van der Waals surface area contributed by atoms with E-state index in [9.17, 15) is 14.4 Å². The summed E-state index contributed by atoms with van der Waals surface area (Å²) in [6, 6.07) is 0.0948. The maximum atomic E-state index is 12.1. The molecule has 1 aliphatic heterocycles. The molecule has 0 bridgehead atoms. The molecule has 0 spiro atoms. The molecule has 6 N–H and O–H groups in total. The predicted octanol–water partition coefficient (Wildman–Crippen LogP) is -1.86. The maximum absolute atomic E-state index is 12.1. The van der Waals surface area contributed by atoms with Crippen LogP contribution in [0.5, 0.6) is 0 Å². The minimum Gasteiger partial charge on any atom is -0.453 e. The van der Waals surface area contributed by atoms with E-state index in [0.29, 0.717) is 13.2 Å². The molecule has 1 heterocycles. The van der Waals surface area contributed by atoms with Crippen molar-refractivity contribution in [2.75, 3.05) is 13.2 Å². The summed E-state index contributed by atoms with van der Waals surface area (Å²) < 4.78 is 10.1. The molecule has 0 unspecified atom stereocenters. The summed E-state index contributed by atoms with van der Waals surface area (Å²) in [6.07, 6.45) is 1.25. The van der Waals surface area contributed by atoms with Crippen molar-refractivity contribution in [3.63, 3.8) is 0 Å². The number of hydrogen-bond donors (Lipinski definition) is 4. The van der Waals surface area contributed by atoms with Crippen LogP contribution in [0.3, 0.4) is 0 Å². The van der Waals surface area contributed by atoms with Crippen molar-refractivity contribution >= 4 is 24.0 Å². The van der Waals surface area contributed by atoms with Crippen molar-refractivity contribution in [3.05, 3.63) is 11.4 Å². The summed E-state index contributed by atoms with van der Waals surface area (Å²) in [7, 11) is 0. The van der Waals surface area contributed by atoms with Gasteiger partial charge >= 0.3 is 5.97 Å². The average Bonchev–Trinajstić information content (AvgIpc) is 2.47. The van der Waals surface area contributed by atoms with Crippen LogP contribution in [0.25, 0.3) is 0 Å². The van der Waals surface area contributed by atoms with Crippen LogP contribution in [0.1, 0.15) is 26.7 Å². The predicted molar refractivity (Wildman–Crippen MR) is 80.1 cm³/mol. The number of amides is 2. The first-order valence-electron chi connectivity index (χ1n) is 7.30. The number of rotatable bonds is 7. The number of esters is 1. The Morgan fingerprint density at radius 3 is 2.48 bits per heavy atom. The van der Waals surface area contributed by atoms with Crippen LogP contribution in [-0.2, 0) is 23.9 Å². The summed E-state index contributed by atoms with van der Waals surface area (Å²) in [5.41, 5.74) is 5.15. The van der Waals surface area contributed by atoms with Gasteiger partial charge in [-0.25, -0.2) is 0 Å². The number of primary amides is 1. The van der Waals surface area contributed by atoms with E-state index < -0.39 is 23.9 Å². The molecule has 0 aliphatic carbocycles. The highest BCUT2D eigenvalue weighted by atomic mass is 16.5. The molecule has 0 saturated carbocycles. The van der Waals surface area contributed by atoms with Crippen LogP contribution >= 0.6 is 0 Å². The lowest BCUT2D eigenvalue weighted by Gasteiger charge is -2.22. The van der Waals surface area contributed by atoms with Crippen LogP contribution in [0.2, 0.25) is 0 Å². The number of nitrogens with one attached hydrogen (secondary N) is 2. The Morgan fingerprint density at radius 1 is 1.39 bits per heavy atom. The van der Waals surface area contributed by atoms with Crippen LogP contribution < -0.4 is 16.4 Å². The summed E-state index contributed by atoms with van der Waals surface area (Å²) in [4.78, 5) is 34.5. The number of nitrogens with two attached hydrogens (primary N) is 2.